The average molecular weight is 232 g/mol. The van der Waals surface area contributed by atoms with Crippen LogP contribution in [0, 0.1) is 5.82 Å². The molecule has 1 atom stereocenters. The van der Waals surface area contributed by atoms with Gasteiger partial charge >= 0.3 is 0 Å². The molecule has 4 nitrogen and oxygen atoms in total. The third-order valence-corrected chi connectivity index (χ3v) is 2.72. The number of nitrogens with zero attached hydrogens (tertiary/aromatic N) is 2. The van der Waals surface area contributed by atoms with Gasteiger partial charge < -0.3 is 11.5 Å². The number of aromatic nitrogens is 2. The van der Waals surface area contributed by atoms with Crippen molar-refractivity contribution in [3.05, 3.63) is 53.6 Å². The minimum atomic E-state index is -0.776. The zero-order chi connectivity index (χ0) is 12.5. The van der Waals surface area contributed by atoms with Crippen molar-refractivity contribution in [1.29, 1.82) is 0 Å². The normalized spacial score (nSPS) is 14.3. The van der Waals surface area contributed by atoms with E-state index in [1.807, 2.05) is 6.92 Å². The molecule has 0 fully saturated rings. The van der Waals surface area contributed by atoms with Crippen LogP contribution in [0.25, 0.3) is 0 Å². The number of anilines is 1. The summed E-state index contributed by atoms with van der Waals surface area (Å²) >= 11 is 0. The van der Waals surface area contributed by atoms with Gasteiger partial charge in [0.05, 0.1) is 5.54 Å². The van der Waals surface area contributed by atoms with Crippen LogP contribution < -0.4 is 11.5 Å². The van der Waals surface area contributed by atoms with Crippen LogP contribution in [0.15, 0.2) is 36.7 Å². The van der Waals surface area contributed by atoms with Crippen LogP contribution in [-0.4, -0.2) is 9.97 Å². The van der Waals surface area contributed by atoms with E-state index < -0.39 is 5.54 Å². The zero-order valence-electron chi connectivity index (χ0n) is 9.39. The Kier molecular flexibility index (Phi) is 2.77. The lowest BCUT2D eigenvalue weighted by Crippen LogP contribution is -2.34. The molecule has 17 heavy (non-hydrogen) atoms. The Morgan fingerprint density at radius 1 is 1.06 bits per heavy atom. The van der Waals surface area contributed by atoms with Crippen molar-refractivity contribution in [3.63, 3.8) is 0 Å². The predicted octanol–water partition coefficient (Wildman–Crippen LogP) is 1.42. The molecule has 0 aliphatic heterocycles. The summed E-state index contributed by atoms with van der Waals surface area (Å²) in [5.74, 6) is -0.0956. The van der Waals surface area contributed by atoms with Gasteiger partial charge in [-0.1, -0.05) is 12.1 Å². The number of rotatable bonds is 2. The van der Waals surface area contributed by atoms with Gasteiger partial charge in [-0.15, -0.1) is 0 Å². The number of hydrogen-bond donors (Lipinski definition) is 2. The average Bonchev–Trinajstić information content (AvgIpc) is 2.30. The highest BCUT2D eigenvalue weighted by Crippen LogP contribution is 2.25. The number of halogens is 1. The third kappa shape index (κ3) is 2.24. The molecule has 0 spiro atoms. The second kappa shape index (κ2) is 4.10. The second-order valence-corrected chi connectivity index (χ2v) is 4.04. The van der Waals surface area contributed by atoms with Crippen molar-refractivity contribution in [2.45, 2.75) is 12.5 Å². The van der Waals surface area contributed by atoms with Crippen LogP contribution in [0.4, 0.5) is 10.3 Å². The highest BCUT2D eigenvalue weighted by atomic mass is 19.1. The summed E-state index contributed by atoms with van der Waals surface area (Å²) < 4.78 is 12.8. The summed E-state index contributed by atoms with van der Waals surface area (Å²) in [6.45, 7) is 1.81. The molecule has 1 heterocycles. The topological polar surface area (TPSA) is 77.8 Å². The van der Waals surface area contributed by atoms with Crippen LogP contribution in [0.1, 0.15) is 18.1 Å². The first-order chi connectivity index (χ1) is 8.00. The highest BCUT2D eigenvalue weighted by Gasteiger charge is 2.24. The summed E-state index contributed by atoms with van der Waals surface area (Å²) in [5, 5.41) is 0. The molecular weight excluding hydrogens is 219 g/mol. The van der Waals surface area contributed by atoms with E-state index in [1.165, 1.54) is 12.1 Å². The van der Waals surface area contributed by atoms with Gasteiger partial charge in [-0.3, -0.25) is 0 Å². The Morgan fingerprint density at radius 2 is 1.59 bits per heavy atom. The van der Waals surface area contributed by atoms with Crippen molar-refractivity contribution in [2.24, 2.45) is 5.73 Å². The molecule has 0 amide bonds. The number of nitrogen functional groups attached to an aromatic ring is 1. The fraction of sp³-hybridized carbons (Fsp3) is 0.167. The van der Waals surface area contributed by atoms with E-state index in [2.05, 4.69) is 9.97 Å². The van der Waals surface area contributed by atoms with Gasteiger partial charge in [-0.2, -0.15) is 0 Å². The largest absolute Gasteiger partial charge is 0.368 e. The first kappa shape index (κ1) is 11.5. The summed E-state index contributed by atoms with van der Waals surface area (Å²) in [6, 6.07) is 6.04. The summed E-state index contributed by atoms with van der Waals surface area (Å²) in [5.41, 5.74) is 12.4. The van der Waals surface area contributed by atoms with Crippen molar-refractivity contribution < 1.29 is 4.39 Å². The van der Waals surface area contributed by atoms with E-state index in [1.54, 1.807) is 24.5 Å². The molecule has 2 aromatic rings. The van der Waals surface area contributed by atoms with Gasteiger partial charge in [-0.25, -0.2) is 14.4 Å². The molecule has 0 aliphatic rings. The minimum absolute atomic E-state index is 0.198. The minimum Gasteiger partial charge on any atom is -0.368 e. The summed E-state index contributed by atoms with van der Waals surface area (Å²) in [6.07, 6.45) is 3.15. The maximum absolute atomic E-state index is 12.8. The molecule has 0 unspecified atom stereocenters. The van der Waals surface area contributed by atoms with Crippen LogP contribution in [0.3, 0.4) is 0 Å². The Labute approximate surface area is 98.5 Å². The first-order valence-electron chi connectivity index (χ1n) is 5.13. The van der Waals surface area contributed by atoms with Crippen LogP contribution >= 0.6 is 0 Å². The smallest absolute Gasteiger partial charge is 0.219 e. The van der Waals surface area contributed by atoms with Gasteiger partial charge in [0.2, 0.25) is 5.95 Å². The van der Waals surface area contributed by atoms with Gasteiger partial charge in [-0.05, 0) is 24.6 Å². The molecule has 0 radical (unpaired) electrons. The van der Waals surface area contributed by atoms with E-state index in [0.29, 0.717) is 0 Å². The number of nitrogens with two attached hydrogens (primary N) is 2. The molecule has 0 aliphatic carbocycles. The molecule has 4 N–H and O–H groups in total. The quantitative estimate of drug-likeness (QED) is 0.820. The Balaban J connectivity index is 2.41. The van der Waals surface area contributed by atoms with E-state index in [0.717, 1.165) is 11.1 Å². The van der Waals surface area contributed by atoms with E-state index >= 15 is 0 Å². The van der Waals surface area contributed by atoms with Crippen molar-refractivity contribution in [3.8, 4) is 0 Å². The number of hydrogen-bond acceptors (Lipinski definition) is 4. The molecular formula is C12H13FN4. The standard InChI is InChI=1S/C12H13FN4/c1-12(15,8-2-4-10(13)5-3-8)9-6-16-11(14)17-7-9/h2-7H,15H2,1H3,(H2,14,16,17)/t12-/m1/s1. The van der Waals surface area contributed by atoms with Crippen molar-refractivity contribution in [1.82, 2.24) is 9.97 Å². The Bertz CT molecular complexity index is 458. The van der Waals surface area contributed by atoms with Gasteiger partial charge in [0, 0.05) is 18.0 Å². The van der Waals surface area contributed by atoms with Crippen LogP contribution in [0.5, 0.6) is 0 Å². The fourth-order valence-corrected chi connectivity index (χ4v) is 1.57. The third-order valence-electron chi connectivity index (χ3n) is 2.72. The highest BCUT2D eigenvalue weighted by molar-refractivity contribution is 5.35. The van der Waals surface area contributed by atoms with E-state index in [9.17, 15) is 4.39 Å². The molecule has 0 saturated carbocycles. The maximum Gasteiger partial charge on any atom is 0.219 e. The Hall–Kier alpha value is -2.01. The molecule has 1 aromatic carbocycles. The number of benzene rings is 1. The maximum atomic E-state index is 12.8. The molecule has 0 bridgehead atoms. The molecule has 5 heteroatoms. The fourth-order valence-electron chi connectivity index (χ4n) is 1.57. The molecule has 1 aromatic heterocycles. The van der Waals surface area contributed by atoms with Crippen molar-refractivity contribution >= 4 is 5.95 Å². The zero-order valence-corrected chi connectivity index (χ0v) is 9.39. The molecule has 2 rings (SSSR count). The lowest BCUT2D eigenvalue weighted by molar-refractivity contribution is 0.588. The Morgan fingerprint density at radius 3 is 2.12 bits per heavy atom. The monoisotopic (exact) mass is 232 g/mol. The molecule has 0 saturated heterocycles. The summed E-state index contributed by atoms with van der Waals surface area (Å²) in [7, 11) is 0. The van der Waals surface area contributed by atoms with Gasteiger partial charge in [0.1, 0.15) is 5.82 Å². The SMILES string of the molecule is C[C@@](N)(c1ccc(F)cc1)c1cnc(N)nc1. The summed E-state index contributed by atoms with van der Waals surface area (Å²) in [4.78, 5) is 7.80. The van der Waals surface area contributed by atoms with Crippen molar-refractivity contribution in [2.75, 3.05) is 5.73 Å². The molecule has 88 valence electrons. The van der Waals surface area contributed by atoms with E-state index in [4.69, 9.17) is 11.5 Å². The lowest BCUT2D eigenvalue weighted by Gasteiger charge is -2.25. The predicted molar refractivity (Wildman–Crippen MR) is 63.5 cm³/mol. The van der Waals surface area contributed by atoms with Gasteiger partial charge in [0.15, 0.2) is 0 Å². The van der Waals surface area contributed by atoms with Crippen LogP contribution in [0.2, 0.25) is 0 Å². The van der Waals surface area contributed by atoms with E-state index in [-0.39, 0.29) is 11.8 Å². The van der Waals surface area contributed by atoms with Crippen LogP contribution in [-0.2, 0) is 5.54 Å². The first-order valence-corrected chi connectivity index (χ1v) is 5.13. The lowest BCUT2D eigenvalue weighted by atomic mass is 9.87. The second-order valence-electron chi connectivity index (χ2n) is 4.04. The van der Waals surface area contributed by atoms with Gasteiger partial charge in [0.25, 0.3) is 0 Å².